The van der Waals surface area contributed by atoms with Crippen LogP contribution in [0.5, 0.6) is 5.75 Å². The fourth-order valence-electron chi connectivity index (χ4n) is 1.86. The van der Waals surface area contributed by atoms with Crippen LogP contribution >= 0.6 is 0 Å². The lowest BCUT2D eigenvalue weighted by atomic mass is 10.1. The van der Waals surface area contributed by atoms with Gasteiger partial charge in [0.2, 0.25) is 10.0 Å². The molecule has 2 aromatic carbocycles. The van der Waals surface area contributed by atoms with Gasteiger partial charge in [0.1, 0.15) is 11.6 Å². The highest BCUT2D eigenvalue weighted by Gasteiger charge is 2.13. The summed E-state index contributed by atoms with van der Waals surface area (Å²) in [7, 11) is -3.71. The van der Waals surface area contributed by atoms with Crippen molar-refractivity contribution in [3.05, 3.63) is 59.9 Å². The van der Waals surface area contributed by atoms with E-state index in [0.717, 1.165) is 17.7 Å². The summed E-state index contributed by atoms with van der Waals surface area (Å²) in [5, 5.41) is 0. The third-order valence-corrected chi connectivity index (χ3v) is 4.46. The second-order valence-corrected chi connectivity index (χ2v) is 6.39. The van der Waals surface area contributed by atoms with Gasteiger partial charge in [0, 0.05) is 6.54 Å². The van der Waals surface area contributed by atoms with E-state index < -0.39 is 22.5 Å². The molecule has 4 nitrogen and oxygen atoms in total. The first-order chi connectivity index (χ1) is 10.9. The number of nitrogens with one attached hydrogen (secondary N) is 1. The first-order valence-corrected chi connectivity index (χ1v) is 8.14. The molecule has 2 rings (SSSR count). The van der Waals surface area contributed by atoms with Crippen LogP contribution in [0.15, 0.2) is 53.4 Å². The van der Waals surface area contributed by atoms with Crippen molar-refractivity contribution in [2.75, 3.05) is 6.54 Å². The summed E-state index contributed by atoms with van der Waals surface area (Å²) in [5.74, 6) is -0.481. The maximum Gasteiger partial charge on any atom is 0.387 e. The molecule has 0 saturated carbocycles. The van der Waals surface area contributed by atoms with Crippen LogP contribution in [0.1, 0.15) is 5.56 Å². The quantitative estimate of drug-likeness (QED) is 0.839. The molecule has 0 aliphatic rings. The highest BCUT2D eigenvalue weighted by molar-refractivity contribution is 7.89. The molecule has 8 heteroatoms. The second-order valence-electron chi connectivity index (χ2n) is 4.62. The Morgan fingerprint density at radius 2 is 1.61 bits per heavy atom. The first-order valence-electron chi connectivity index (χ1n) is 6.66. The SMILES string of the molecule is O=S(=O)(NCCc1ccc(OC(F)F)cc1)c1ccc(F)cc1. The van der Waals surface area contributed by atoms with Crippen LogP contribution in [0.4, 0.5) is 13.2 Å². The van der Waals surface area contributed by atoms with Crippen LogP contribution in [0.3, 0.4) is 0 Å². The van der Waals surface area contributed by atoms with Gasteiger partial charge in [-0.2, -0.15) is 8.78 Å². The van der Waals surface area contributed by atoms with Gasteiger partial charge in [0.05, 0.1) is 4.90 Å². The van der Waals surface area contributed by atoms with E-state index in [1.807, 2.05) is 0 Å². The highest BCUT2D eigenvalue weighted by Crippen LogP contribution is 2.15. The van der Waals surface area contributed by atoms with Crippen molar-refractivity contribution in [2.45, 2.75) is 17.9 Å². The van der Waals surface area contributed by atoms with Gasteiger partial charge < -0.3 is 4.74 Å². The number of benzene rings is 2. The van der Waals surface area contributed by atoms with Crippen molar-refractivity contribution in [1.29, 1.82) is 0 Å². The molecule has 1 N–H and O–H groups in total. The van der Waals surface area contributed by atoms with E-state index in [2.05, 4.69) is 9.46 Å². The van der Waals surface area contributed by atoms with Gasteiger partial charge in [0.15, 0.2) is 0 Å². The molecule has 0 fully saturated rings. The van der Waals surface area contributed by atoms with Crippen LogP contribution in [-0.2, 0) is 16.4 Å². The van der Waals surface area contributed by atoms with Crippen LogP contribution in [0, 0.1) is 5.82 Å². The van der Waals surface area contributed by atoms with E-state index in [0.29, 0.717) is 6.42 Å². The van der Waals surface area contributed by atoms with Crippen LogP contribution in [0.25, 0.3) is 0 Å². The maximum absolute atomic E-state index is 12.8. The molecule has 0 aliphatic carbocycles. The average Bonchev–Trinajstić information content (AvgIpc) is 2.49. The predicted molar refractivity (Wildman–Crippen MR) is 78.4 cm³/mol. The molecule has 0 aliphatic heterocycles. The normalized spacial score (nSPS) is 11.7. The Kier molecular flexibility index (Phi) is 5.62. The molecule has 0 unspecified atom stereocenters. The fraction of sp³-hybridized carbons (Fsp3) is 0.200. The smallest absolute Gasteiger partial charge is 0.387 e. The molecule has 124 valence electrons. The van der Waals surface area contributed by atoms with E-state index in [1.165, 1.54) is 24.3 Å². The Balaban J connectivity index is 1.90. The maximum atomic E-state index is 12.8. The summed E-state index contributed by atoms with van der Waals surface area (Å²) >= 11 is 0. The van der Waals surface area contributed by atoms with Gasteiger partial charge in [-0.05, 0) is 48.4 Å². The molecule has 2 aromatic rings. The summed E-state index contributed by atoms with van der Waals surface area (Å²) < 4.78 is 67.4. The first kappa shape index (κ1) is 17.3. The summed E-state index contributed by atoms with van der Waals surface area (Å²) in [6, 6.07) is 10.4. The minimum absolute atomic E-state index is 0.0282. The summed E-state index contributed by atoms with van der Waals surface area (Å²) in [6.45, 7) is -2.77. The van der Waals surface area contributed by atoms with Gasteiger partial charge in [-0.1, -0.05) is 12.1 Å². The lowest BCUT2D eigenvalue weighted by Crippen LogP contribution is -2.26. The van der Waals surface area contributed by atoms with Crippen molar-refractivity contribution in [2.24, 2.45) is 0 Å². The Bertz CT molecular complexity index is 732. The third-order valence-electron chi connectivity index (χ3n) is 2.98. The molecule has 0 spiro atoms. The number of rotatable bonds is 7. The molecule has 0 heterocycles. The summed E-state index contributed by atoms with van der Waals surface area (Å²) in [6.07, 6.45) is 0.370. The van der Waals surface area contributed by atoms with Crippen molar-refractivity contribution in [3.63, 3.8) is 0 Å². The third kappa shape index (κ3) is 5.26. The highest BCUT2D eigenvalue weighted by atomic mass is 32.2. The summed E-state index contributed by atoms with van der Waals surface area (Å²) in [4.78, 5) is -0.0282. The molecule has 0 radical (unpaired) electrons. The number of sulfonamides is 1. The molecular weight excluding hydrogens is 331 g/mol. The van der Waals surface area contributed by atoms with Crippen molar-refractivity contribution in [1.82, 2.24) is 4.72 Å². The predicted octanol–water partition coefficient (Wildman–Crippen LogP) is 2.95. The van der Waals surface area contributed by atoms with Crippen molar-refractivity contribution >= 4 is 10.0 Å². The van der Waals surface area contributed by atoms with Crippen LogP contribution in [-0.4, -0.2) is 21.6 Å². The molecule has 0 aromatic heterocycles. The molecule has 0 saturated heterocycles. The van der Waals surface area contributed by atoms with Crippen molar-refractivity contribution in [3.8, 4) is 5.75 Å². The molecule has 0 atom stereocenters. The number of alkyl halides is 2. The zero-order valence-electron chi connectivity index (χ0n) is 11.9. The Labute approximate surface area is 132 Å². The Morgan fingerprint density at radius 3 is 2.17 bits per heavy atom. The average molecular weight is 345 g/mol. The van der Waals surface area contributed by atoms with Gasteiger partial charge in [-0.3, -0.25) is 0 Å². The van der Waals surface area contributed by atoms with Gasteiger partial charge in [-0.25, -0.2) is 17.5 Å². The zero-order valence-corrected chi connectivity index (χ0v) is 12.7. The number of hydrogen-bond donors (Lipinski definition) is 1. The zero-order chi connectivity index (χ0) is 16.9. The number of ether oxygens (including phenoxy) is 1. The monoisotopic (exact) mass is 345 g/mol. The molecular formula is C15H14F3NO3S. The van der Waals surface area contributed by atoms with Crippen LogP contribution in [0.2, 0.25) is 0 Å². The largest absolute Gasteiger partial charge is 0.435 e. The van der Waals surface area contributed by atoms with E-state index in [9.17, 15) is 21.6 Å². The van der Waals surface area contributed by atoms with Gasteiger partial charge in [0.25, 0.3) is 0 Å². The van der Waals surface area contributed by atoms with Gasteiger partial charge in [-0.15, -0.1) is 0 Å². The minimum Gasteiger partial charge on any atom is -0.435 e. The number of halogens is 3. The second kappa shape index (κ2) is 7.47. The minimum atomic E-state index is -3.71. The Morgan fingerprint density at radius 1 is 1.00 bits per heavy atom. The van der Waals surface area contributed by atoms with E-state index in [4.69, 9.17) is 0 Å². The number of hydrogen-bond acceptors (Lipinski definition) is 3. The van der Waals surface area contributed by atoms with E-state index in [1.54, 1.807) is 12.1 Å². The fourth-order valence-corrected chi connectivity index (χ4v) is 2.90. The lowest BCUT2D eigenvalue weighted by molar-refractivity contribution is -0.0498. The standard InChI is InChI=1S/C15H14F3NO3S/c16-12-3-7-14(8-4-12)23(20,21)19-10-9-11-1-5-13(6-2-11)22-15(17)18/h1-8,15,19H,9-10H2. The molecule has 0 bridgehead atoms. The van der Waals surface area contributed by atoms with E-state index >= 15 is 0 Å². The summed E-state index contributed by atoms with van der Waals surface area (Å²) in [5.41, 5.74) is 0.758. The Hall–Kier alpha value is -2.06. The lowest BCUT2D eigenvalue weighted by Gasteiger charge is -2.08. The molecule has 23 heavy (non-hydrogen) atoms. The van der Waals surface area contributed by atoms with Gasteiger partial charge >= 0.3 is 6.61 Å². The van der Waals surface area contributed by atoms with Crippen LogP contribution < -0.4 is 9.46 Å². The van der Waals surface area contributed by atoms with Crippen molar-refractivity contribution < 1.29 is 26.3 Å². The van der Waals surface area contributed by atoms with E-state index in [-0.39, 0.29) is 17.2 Å². The topological polar surface area (TPSA) is 55.4 Å². The molecule has 0 amide bonds.